The summed E-state index contributed by atoms with van der Waals surface area (Å²) in [5.41, 5.74) is 0.877. The number of hydrogen-bond donors (Lipinski definition) is 1. The summed E-state index contributed by atoms with van der Waals surface area (Å²) in [7, 11) is -3.46. The van der Waals surface area contributed by atoms with Crippen molar-refractivity contribution in [3.8, 4) is 0 Å². The second-order valence-corrected chi connectivity index (χ2v) is 4.83. The Morgan fingerprint density at radius 1 is 1.38 bits per heavy atom. The largest absolute Gasteiger partial charge is 0.333 e. The molecule has 0 spiro atoms. The van der Waals surface area contributed by atoms with Crippen LogP contribution in [0.4, 0.5) is 0 Å². The van der Waals surface area contributed by atoms with Crippen molar-refractivity contribution in [2.24, 2.45) is 0 Å². The first kappa shape index (κ1) is 10.9. The van der Waals surface area contributed by atoms with Crippen molar-refractivity contribution in [3.63, 3.8) is 0 Å². The molecule has 0 aliphatic rings. The summed E-state index contributed by atoms with van der Waals surface area (Å²) in [5, 5.41) is 0. The molecule has 0 fully saturated rings. The van der Waals surface area contributed by atoms with Gasteiger partial charge in [0.25, 0.3) is 0 Å². The SMILES string of the molecule is O=P(O)(Cc1ccccc1)OCBr. The summed E-state index contributed by atoms with van der Waals surface area (Å²) in [6, 6.07) is 9.09. The molecule has 3 nitrogen and oxygen atoms in total. The normalized spacial score (nSPS) is 15.2. The molecule has 0 saturated heterocycles. The third-order valence-electron chi connectivity index (χ3n) is 1.48. The molecule has 0 aliphatic carbocycles. The van der Waals surface area contributed by atoms with Crippen LogP contribution in [0.25, 0.3) is 0 Å². The average molecular weight is 265 g/mol. The van der Waals surface area contributed by atoms with Crippen molar-refractivity contribution < 1.29 is 14.0 Å². The van der Waals surface area contributed by atoms with Crippen molar-refractivity contribution in [1.29, 1.82) is 0 Å². The topological polar surface area (TPSA) is 46.5 Å². The van der Waals surface area contributed by atoms with E-state index in [0.29, 0.717) is 0 Å². The van der Waals surface area contributed by atoms with Gasteiger partial charge < -0.3 is 4.89 Å². The average Bonchev–Trinajstić information content (AvgIpc) is 2.04. The third-order valence-corrected chi connectivity index (χ3v) is 3.36. The lowest BCUT2D eigenvalue weighted by Gasteiger charge is -2.09. The molecule has 0 bridgehead atoms. The lowest BCUT2D eigenvalue weighted by molar-refractivity contribution is 0.305. The second-order valence-electron chi connectivity index (χ2n) is 2.52. The molecule has 0 radical (unpaired) electrons. The first-order valence-electron chi connectivity index (χ1n) is 3.70. The minimum atomic E-state index is -3.46. The van der Waals surface area contributed by atoms with Gasteiger partial charge in [-0.2, -0.15) is 0 Å². The molecule has 0 saturated carbocycles. The minimum Gasteiger partial charge on any atom is -0.324 e. The van der Waals surface area contributed by atoms with Crippen LogP contribution in [0.1, 0.15) is 5.56 Å². The molecule has 1 rings (SSSR count). The van der Waals surface area contributed by atoms with Gasteiger partial charge in [-0.3, -0.25) is 9.09 Å². The summed E-state index contributed by atoms with van der Waals surface area (Å²) in [5.74, 6) is 0. The maximum Gasteiger partial charge on any atom is 0.333 e. The zero-order valence-corrected chi connectivity index (χ0v) is 9.37. The maximum absolute atomic E-state index is 11.3. The first-order chi connectivity index (χ1) is 6.14. The van der Waals surface area contributed by atoms with Gasteiger partial charge in [0.05, 0.1) is 6.16 Å². The van der Waals surface area contributed by atoms with Crippen LogP contribution in [0.5, 0.6) is 0 Å². The summed E-state index contributed by atoms with van der Waals surface area (Å²) >= 11 is 2.94. The van der Waals surface area contributed by atoms with E-state index < -0.39 is 7.60 Å². The van der Waals surface area contributed by atoms with E-state index >= 15 is 0 Å². The molecule has 5 heteroatoms. The number of hydrogen-bond acceptors (Lipinski definition) is 2. The van der Waals surface area contributed by atoms with Crippen LogP contribution in [-0.2, 0) is 15.3 Å². The van der Waals surface area contributed by atoms with Gasteiger partial charge in [0.2, 0.25) is 0 Å². The molecule has 0 amide bonds. The van der Waals surface area contributed by atoms with Gasteiger partial charge in [0, 0.05) is 0 Å². The van der Waals surface area contributed by atoms with Gasteiger partial charge in [-0.15, -0.1) is 0 Å². The Hall–Kier alpha value is -0.150. The summed E-state index contributed by atoms with van der Waals surface area (Å²) in [6.45, 7) is 0. The standard InChI is InChI=1S/C8H10BrO3P/c9-7-12-13(10,11)6-8-4-2-1-3-5-8/h1-5H,6-7H2,(H,10,11). The van der Waals surface area contributed by atoms with Gasteiger partial charge in [-0.05, 0) is 5.56 Å². The van der Waals surface area contributed by atoms with Gasteiger partial charge in [-0.25, -0.2) is 0 Å². The molecular weight excluding hydrogens is 255 g/mol. The lowest BCUT2D eigenvalue weighted by Crippen LogP contribution is -1.91. The van der Waals surface area contributed by atoms with E-state index in [1.807, 2.05) is 18.2 Å². The van der Waals surface area contributed by atoms with Crippen molar-refractivity contribution in [2.45, 2.75) is 6.16 Å². The zero-order valence-electron chi connectivity index (χ0n) is 6.89. The highest BCUT2D eigenvalue weighted by Gasteiger charge is 2.18. The molecule has 0 aliphatic heterocycles. The zero-order chi connectivity index (χ0) is 9.73. The van der Waals surface area contributed by atoms with E-state index in [4.69, 9.17) is 0 Å². The summed E-state index contributed by atoms with van der Waals surface area (Å²) < 4.78 is 15.9. The Bertz CT molecular complexity index is 302. The first-order valence-corrected chi connectivity index (χ1v) is 6.59. The molecular formula is C8H10BrO3P. The van der Waals surface area contributed by atoms with Crippen LogP contribution in [0.2, 0.25) is 0 Å². The van der Waals surface area contributed by atoms with E-state index in [9.17, 15) is 9.46 Å². The molecule has 1 N–H and O–H groups in total. The van der Waals surface area contributed by atoms with Gasteiger partial charge in [-0.1, -0.05) is 46.3 Å². The Morgan fingerprint density at radius 3 is 2.54 bits per heavy atom. The van der Waals surface area contributed by atoms with Gasteiger partial charge in [0.1, 0.15) is 5.52 Å². The van der Waals surface area contributed by atoms with Crippen LogP contribution in [0, 0.1) is 0 Å². The van der Waals surface area contributed by atoms with Crippen molar-refractivity contribution in [3.05, 3.63) is 35.9 Å². The Labute approximate surface area is 85.4 Å². The highest BCUT2D eigenvalue weighted by atomic mass is 79.9. The molecule has 0 aromatic heterocycles. The minimum absolute atomic E-state index is 0.0550. The van der Waals surface area contributed by atoms with E-state index in [0.717, 1.165) is 5.56 Å². The van der Waals surface area contributed by atoms with Gasteiger partial charge >= 0.3 is 7.60 Å². The lowest BCUT2D eigenvalue weighted by atomic mass is 10.2. The van der Waals surface area contributed by atoms with E-state index in [2.05, 4.69) is 20.5 Å². The Kier molecular flexibility index (Phi) is 4.13. The monoisotopic (exact) mass is 264 g/mol. The third kappa shape index (κ3) is 4.05. The molecule has 13 heavy (non-hydrogen) atoms. The molecule has 1 unspecified atom stereocenters. The van der Waals surface area contributed by atoms with Crippen molar-refractivity contribution in [2.75, 3.05) is 5.52 Å². The number of alkyl halides is 1. The van der Waals surface area contributed by atoms with Crippen LogP contribution in [0.15, 0.2) is 30.3 Å². The highest BCUT2D eigenvalue weighted by Crippen LogP contribution is 2.45. The van der Waals surface area contributed by atoms with Crippen LogP contribution < -0.4 is 0 Å². The van der Waals surface area contributed by atoms with E-state index in [1.165, 1.54) is 0 Å². The number of rotatable bonds is 4. The fourth-order valence-electron chi connectivity index (χ4n) is 0.936. The maximum atomic E-state index is 11.3. The van der Waals surface area contributed by atoms with Crippen molar-refractivity contribution in [1.82, 2.24) is 0 Å². The second kappa shape index (κ2) is 4.91. The molecule has 1 aromatic carbocycles. The molecule has 0 heterocycles. The Morgan fingerprint density at radius 2 is 2.00 bits per heavy atom. The fourth-order valence-corrected chi connectivity index (χ4v) is 2.81. The van der Waals surface area contributed by atoms with Crippen molar-refractivity contribution >= 4 is 23.5 Å². The summed E-state index contributed by atoms with van der Waals surface area (Å²) in [6.07, 6.45) is 0.0550. The van der Waals surface area contributed by atoms with Crippen LogP contribution >= 0.6 is 23.5 Å². The van der Waals surface area contributed by atoms with Crippen LogP contribution in [-0.4, -0.2) is 10.4 Å². The number of halogens is 1. The molecule has 72 valence electrons. The predicted octanol–water partition coefficient (Wildman–Crippen LogP) is 2.74. The quantitative estimate of drug-likeness (QED) is 0.672. The predicted molar refractivity (Wildman–Crippen MR) is 54.9 cm³/mol. The van der Waals surface area contributed by atoms with E-state index in [-0.39, 0.29) is 11.7 Å². The fraction of sp³-hybridized carbons (Fsp3) is 0.250. The smallest absolute Gasteiger partial charge is 0.324 e. The molecule has 1 atom stereocenters. The van der Waals surface area contributed by atoms with Gasteiger partial charge in [0.15, 0.2) is 0 Å². The summed E-state index contributed by atoms with van der Waals surface area (Å²) in [4.78, 5) is 9.27. The highest BCUT2D eigenvalue weighted by molar-refractivity contribution is 9.09. The Balaban J connectivity index is 2.64. The van der Waals surface area contributed by atoms with E-state index in [1.54, 1.807) is 12.1 Å². The molecule has 1 aromatic rings. The van der Waals surface area contributed by atoms with Crippen LogP contribution in [0.3, 0.4) is 0 Å². The number of benzene rings is 1.